The van der Waals surface area contributed by atoms with Crippen LogP contribution in [0.5, 0.6) is 0 Å². The average molecular weight is 298 g/mol. The standard InChI is InChI=1S/C15H20F2N2O2/c16-12-3-4-14(13(17)8-12)18-15(21)10-19-6-1-2-11(9-19)5-7-20/h3-4,8,11,20H,1-2,5-7,9-10H2,(H,18,21). The van der Waals surface area contributed by atoms with Crippen molar-refractivity contribution in [2.24, 2.45) is 5.92 Å². The van der Waals surface area contributed by atoms with Crippen LogP contribution in [-0.4, -0.2) is 42.2 Å². The van der Waals surface area contributed by atoms with Crippen molar-refractivity contribution in [1.29, 1.82) is 0 Å². The number of carbonyl (C=O) groups excluding carboxylic acids is 1. The molecule has 4 nitrogen and oxygen atoms in total. The number of rotatable bonds is 5. The Kier molecular flexibility index (Phi) is 5.64. The second-order valence-corrected chi connectivity index (χ2v) is 5.43. The molecule has 6 heteroatoms. The van der Waals surface area contributed by atoms with Crippen molar-refractivity contribution in [2.45, 2.75) is 19.3 Å². The third-order valence-electron chi connectivity index (χ3n) is 3.71. The molecule has 1 aromatic rings. The van der Waals surface area contributed by atoms with Gasteiger partial charge in [-0.2, -0.15) is 0 Å². The van der Waals surface area contributed by atoms with E-state index in [1.165, 1.54) is 6.07 Å². The fraction of sp³-hybridized carbons (Fsp3) is 0.533. The minimum Gasteiger partial charge on any atom is -0.396 e. The SMILES string of the molecule is O=C(CN1CCCC(CCO)C1)Nc1ccc(F)cc1F. The summed E-state index contributed by atoms with van der Waals surface area (Å²) in [6.45, 7) is 1.92. The molecule has 0 saturated carbocycles. The fourth-order valence-electron chi connectivity index (χ4n) is 2.70. The van der Waals surface area contributed by atoms with E-state index in [0.717, 1.165) is 44.5 Å². The Morgan fingerprint density at radius 3 is 2.95 bits per heavy atom. The Morgan fingerprint density at radius 1 is 1.43 bits per heavy atom. The number of hydrogen-bond acceptors (Lipinski definition) is 3. The predicted octanol–water partition coefficient (Wildman–Crippen LogP) is 2.00. The van der Waals surface area contributed by atoms with Gasteiger partial charge in [-0.1, -0.05) is 0 Å². The first-order chi connectivity index (χ1) is 10.1. The summed E-state index contributed by atoms with van der Waals surface area (Å²) in [5, 5.41) is 11.4. The van der Waals surface area contributed by atoms with Crippen LogP contribution in [0.2, 0.25) is 0 Å². The Balaban J connectivity index is 1.86. The summed E-state index contributed by atoms with van der Waals surface area (Å²) in [6.07, 6.45) is 2.79. The second kappa shape index (κ2) is 7.47. The highest BCUT2D eigenvalue weighted by Gasteiger charge is 2.21. The summed E-state index contributed by atoms with van der Waals surface area (Å²) < 4.78 is 26.2. The van der Waals surface area contributed by atoms with Crippen molar-refractivity contribution < 1.29 is 18.7 Å². The number of hydrogen-bond donors (Lipinski definition) is 2. The highest BCUT2D eigenvalue weighted by atomic mass is 19.1. The van der Waals surface area contributed by atoms with Crippen LogP contribution in [0.1, 0.15) is 19.3 Å². The highest BCUT2D eigenvalue weighted by Crippen LogP contribution is 2.19. The Hall–Kier alpha value is -1.53. The van der Waals surface area contributed by atoms with Gasteiger partial charge >= 0.3 is 0 Å². The molecule has 0 radical (unpaired) electrons. The molecular formula is C15H20F2N2O2. The van der Waals surface area contributed by atoms with Gasteiger partial charge in [0.2, 0.25) is 5.91 Å². The van der Waals surface area contributed by atoms with Gasteiger partial charge in [0.05, 0.1) is 12.2 Å². The van der Waals surface area contributed by atoms with Crippen LogP contribution in [0.3, 0.4) is 0 Å². The molecule has 1 aliphatic rings. The van der Waals surface area contributed by atoms with E-state index < -0.39 is 11.6 Å². The van der Waals surface area contributed by atoms with Crippen LogP contribution in [0.4, 0.5) is 14.5 Å². The van der Waals surface area contributed by atoms with E-state index in [1.807, 2.05) is 4.90 Å². The van der Waals surface area contributed by atoms with Crippen molar-refractivity contribution in [3.8, 4) is 0 Å². The fourth-order valence-corrected chi connectivity index (χ4v) is 2.70. The third kappa shape index (κ3) is 4.75. The van der Waals surface area contributed by atoms with Gasteiger partial charge in [0, 0.05) is 19.2 Å². The minimum atomic E-state index is -0.778. The molecule has 1 saturated heterocycles. The maximum Gasteiger partial charge on any atom is 0.238 e. The van der Waals surface area contributed by atoms with Gasteiger partial charge in [-0.25, -0.2) is 8.78 Å². The van der Waals surface area contributed by atoms with Crippen LogP contribution in [0.25, 0.3) is 0 Å². The van der Waals surface area contributed by atoms with E-state index in [0.29, 0.717) is 5.92 Å². The smallest absolute Gasteiger partial charge is 0.238 e. The van der Waals surface area contributed by atoms with Gasteiger partial charge in [0.25, 0.3) is 0 Å². The van der Waals surface area contributed by atoms with Crippen LogP contribution < -0.4 is 5.32 Å². The van der Waals surface area contributed by atoms with Gasteiger partial charge in [-0.05, 0) is 43.9 Å². The normalized spacial score (nSPS) is 19.5. The number of likely N-dealkylation sites (tertiary alicyclic amines) is 1. The molecule has 1 aliphatic heterocycles. The first-order valence-corrected chi connectivity index (χ1v) is 7.16. The Labute approximate surface area is 122 Å². The summed E-state index contributed by atoms with van der Waals surface area (Å²) in [4.78, 5) is 13.9. The Morgan fingerprint density at radius 2 is 2.24 bits per heavy atom. The zero-order valence-electron chi connectivity index (χ0n) is 11.8. The lowest BCUT2D eigenvalue weighted by atomic mass is 9.95. The molecule has 1 fully saturated rings. The first-order valence-electron chi connectivity index (χ1n) is 7.16. The van der Waals surface area contributed by atoms with Crippen molar-refractivity contribution in [3.63, 3.8) is 0 Å². The molecule has 2 N–H and O–H groups in total. The number of anilines is 1. The van der Waals surface area contributed by atoms with Crippen LogP contribution in [0, 0.1) is 17.6 Å². The molecule has 1 amide bonds. The molecule has 1 unspecified atom stereocenters. The van der Waals surface area contributed by atoms with Crippen molar-refractivity contribution in [2.75, 3.05) is 31.6 Å². The van der Waals surface area contributed by atoms with E-state index in [9.17, 15) is 13.6 Å². The van der Waals surface area contributed by atoms with Crippen LogP contribution >= 0.6 is 0 Å². The first kappa shape index (κ1) is 15.9. The van der Waals surface area contributed by atoms with Gasteiger partial charge in [0.15, 0.2) is 0 Å². The molecule has 116 valence electrons. The topological polar surface area (TPSA) is 52.6 Å². The van der Waals surface area contributed by atoms with Gasteiger partial charge in [-0.3, -0.25) is 9.69 Å². The molecule has 1 aromatic carbocycles. The molecule has 0 bridgehead atoms. The number of nitrogens with one attached hydrogen (secondary N) is 1. The molecular weight excluding hydrogens is 278 g/mol. The van der Waals surface area contributed by atoms with E-state index in [1.54, 1.807) is 0 Å². The molecule has 0 aromatic heterocycles. The molecule has 0 aliphatic carbocycles. The second-order valence-electron chi connectivity index (χ2n) is 5.43. The summed E-state index contributed by atoms with van der Waals surface area (Å²) in [6, 6.07) is 3.07. The maximum absolute atomic E-state index is 13.5. The molecule has 0 spiro atoms. The highest BCUT2D eigenvalue weighted by molar-refractivity contribution is 5.92. The molecule has 1 atom stereocenters. The lowest BCUT2D eigenvalue weighted by molar-refractivity contribution is -0.117. The lowest BCUT2D eigenvalue weighted by Gasteiger charge is -2.31. The summed E-state index contributed by atoms with van der Waals surface area (Å²) in [7, 11) is 0. The number of aliphatic hydroxyl groups is 1. The number of piperidine rings is 1. The maximum atomic E-state index is 13.5. The van der Waals surface area contributed by atoms with Crippen molar-refractivity contribution >= 4 is 11.6 Å². The average Bonchev–Trinajstić information content (AvgIpc) is 2.43. The summed E-state index contributed by atoms with van der Waals surface area (Å²) in [5.74, 6) is -1.36. The quantitative estimate of drug-likeness (QED) is 0.874. The number of benzene rings is 1. The third-order valence-corrected chi connectivity index (χ3v) is 3.71. The van der Waals surface area contributed by atoms with Gasteiger partial charge < -0.3 is 10.4 Å². The number of aliphatic hydroxyl groups excluding tert-OH is 1. The van der Waals surface area contributed by atoms with Crippen LogP contribution in [0.15, 0.2) is 18.2 Å². The molecule has 2 rings (SSSR count). The number of carbonyl (C=O) groups is 1. The minimum absolute atomic E-state index is 0.00897. The van der Waals surface area contributed by atoms with E-state index >= 15 is 0 Å². The number of nitrogens with zero attached hydrogens (tertiary/aromatic N) is 1. The Bertz CT molecular complexity index is 495. The number of amides is 1. The van der Waals surface area contributed by atoms with Crippen LogP contribution in [-0.2, 0) is 4.79 Å². The summed E-state index contributed by atoms with van der Waals surface area (Å²) >= 11 is 0. The van der Waals surface area contributed by atoms with Gasteiger partial charge in [-0.15, -0.1) is 0 Å². The van der Waals surface area contributed by atoms with E-state index in [-0.39, 0.29) is 24.7 Å². The predicted molar refractivity (Wildman–Crippen MR) is 75.9 cm³/mol. The molecule has 21 heavy (non-hydrogen) atoms. The zero-order valence-corrected chi connectivity index (χ0v) is 11.8. The summed E-state index contributed by atoms with van der Waals surface area (Å²) in [5.41, 5.74) is -0.00897. The van der Waals surface area contributed by atoms with Crippen molar-refractivity contribution in [1.82, 2.24) is 4.90 Å². The lowest BCUT2D eigenvalue weighted by Crippen LogP contribution is -2.40. The number of halogens is 2. The van der Waals surface area contributed by atoms with Gasteiger partial charge in [0.1, 0.15) is 11.6 Å². The van der Waals surface area contributed by atoms with E-state index in [2.05, 4.69) is 5.32 Å². The van der Waals surface area contributed by atoms with E-state index in [4.69, 9.17) is 5.11 Å². The monoisotopic (exact) mass is 298 g/mol. The van der Waals surface area contributed by atoms with Crippen molar-refractivity contribution in [3.05, 3.63) is 29.8 Å². The largest absolute Gasteiger partial charge is 0.396 e. The molecule has 1 heterocycles. The zero-order chi connectivity index (χ0) is 15.2.